The summed E-state index contributed by atoms with van der Waals surface area (Å²) in [5, 5.41) is 3.68. The highest BCUT2D eigenvalue weighted by atomic mass is 35.5. The minimum absolute atomic E-state index is 0.0703. The van der Waals surface area contributed by atoms with Crippen molar-refractivity contribution in [3.8, 4) is 0 Å². The zero-order valence-corrected chi connectivity index (χ0v) is 14.2. The average Bonchev–Trinajstić information content (AvgIpc) is 2.54. The van der Waals surface area contributed by atoms with Crippen molar-refractivity contribution in [1.29, 1.82) is 0 Å². The number of benzene rings is 2. The van der Waals surface area contributed by atoms with Crippen molar-refractivity contribution in [1.82, 2.24) is 0 Å². The Hall–Kier alpha value is -1.45. The molecular formula is C18H20ClNOS. The largest absolute Gasteiger partial charge is 0.326 e. The van der Waals surface area contributed by atoms with Gasteiger partial charge in [0.2, 0.25) is 5.91 Å². The average molecular weight is 334 g/mol. The van der Waals surface area contributed by atoms with E-state index in [0.29, 0.717) is 6.42 Å². The molecule has 0 heterocycles. The molecule has 2 aromatic rings. The Labute approximate surface area is 141 Å². The highest BCUT2D eigenvalue weighted by molar-refractivity contribution is 7.99. The lowest BCUT2D eigenvalue weighted by Gasteiger charge is -2.06. The van der Waals surface area contributed by atoms with Gasteiger partial charge in [-0.15, -0.1) is 11.8 Å². The third-order valence-electron chi connectivity index (χ3n) is 3.28. The lowest BCUT2D eigenvalue weighted by atomic mass is 10.1. The summed E-state index contributed by atoms with van der Waals surface area (Å²) < 4.78 is 0. The van der Waals surface area contributed by atoms with Gasteiger partial charge < -0.3 is 5.32 Å². The number of carbonyl (C=O) groups is 1. The molecule has 0 aliphatic rings. The molecule has 0 atom stereocenters. The number of thioether (sulfide) groups is 1. The van der Waals surface area contributed by atoms with E-state index in [1.807, 2.05) is 48.5 Å². The molecule has 0 aliphatic carbocycles. The fourth-order valence-electron chi connectivity index (χ4n) is 2.00. The van der Waals surface area contributed by atoms with Crippen molar-refractivity contribution in [3.05, 3.63) is 59.1 Å². The normalized spacial score (nSPS) is 10.5. The molecule has 2 nitrogen and oxygen atoms in total. The van der Waals surface area contributed by atoms with Crippen LogP contribution in [0.15, 0.2) is 53.4 Å². The van der Waals surface area contributed by atoms with Crippen molar-refractivity contribution < 1.29 is 4.79 Å². The maximum atomic E-state index is 11.9. The Bertz CT molecular complexity index is 595. The number of hydrogen-bond donors (Lipinski definition) is 1. The van der Waals surface area contributed by atoms with Gasteiger partial charge in [-0.2, -0.15) is 0 Å². The molecule has 0 fully saturated rings. The highest BCUT2D eigenvalue weighted by Gasteiger charge is 2.03. The molecule has 116 valence electrons. The first kappa shape index (κ1) is 16.9. The van der Waals surface area contributed by atoms with Crippen LogP contribution in [0, 0.1) is 0 Å². The lowest BCUT2D eigenvalue weighted by molar-refractivity contribution is -0.116. The SMILES string of the molecule is CCc1ccc(NC(=O)CCCSc2ccc(Cl)cc2)cc1. The van der Waals surface area contributed by atoms with Crippen LogP contribution in [0.1, 0.15) is 25.3 Å². The quantitative estimate of drug-likeness (QED) is 0.542. The fraction of sp³-hybridized carbons (Fsp3) is 0.278. The van der Waals surface area contributed by atoms with Gasteiger partial charge in [-0.05, 0) is 60.6 Å². The maximum Gasteiger partial charge on any atom is 0.224 e. The number of carbonyl (C=O) groups excluding carboxylic acids is 1. The molecule has 1 N–H and O–H groups in total. The zero-order chi connectivity index (χ0) is 15.8. The Kier molecular flexibility index (Phi) is 6.81. The van der Waals surface area contributed by atoms with E-state index in [0.717, 1.165) is 29.3 Å². The second-order valence-corrected chi connectivity index (χ2v) is 6.61. The summed E-state index contributed by atoms with van der Waals surface area (Å²) in [4.78, 5) is 13.1. The molecule has 0 spiro atoms. The standard InChI is InChI=1S/C18H20ClNOS/c1-2-14-5-9-16(10-6-14)20-18(21)4-3-13-22-17-11-7-15(19)8-12-17/h5-12H,2-4,13H2,1H3,(H,20,21). The molecule has 0 aromatic heterocycles. The van der Waals surface area contributed by atoms with E-state index in [1.165, 1.54) is 10.5 Å². The Morgan fingerprint density at radius 2 is 1.77 bits per heavy atom. The van der Waals surface area contributed by atoms with Crippen molar-refractivity contribution in [3.63, 3.8) is 0 Å². The van der Waals surface area contributed by atoms with Gasteiger partial charge in [0.15, 0.2) is 0 Å². The minimum atomic E-state index is 0.0703. The number of anilines is 1. The molecular weight excluding hydrogens is 314 g/mol. The lowest BCUT2D eigenvalue weighted by Crippen LogP contribution is -2.11. The van der Waals surface area contributed by atoms with Crippen LogP contribution in [0.2, 0.25) is 5.02 Å². The van der Waals surface area contributed by atoms with Crippen molar-refractivity contribution >= 4 is 35.0 Å². The highest BCUT2D eigenvalue weighted by Crippen LogP contribution is 2.21. The number of nitrogens with one attached hydrogen (secondary N) is 1. The molecule has 0 saturated carbocycles. The summed E-state index contributed by atoms with van der Waals surface area (Å²) in [5.41, 5.74) is 2.14. The monoisotopic (exact) mass is 333 g/mol. The zero-order valence-electron chi connectivity index (χ0n) is 12.6. The van der Waals surface area contributed by atoms with Gasteiger partial charge in [0.05, 0.1) is 0 Å². The molecule has 2 rings (SSSR count). The Balaban J connectivity index is 1.67. The van der Waals surface area contributed by atoms with Gasteiger partial charge in [-0.1, -0.05) is 30.7 Å². The van der Waals surface area contributed by atoms with E-state index in [2.05, 4.69) is 12.2 Å². The first-order valence-electron chi connectivity index (χ1n) is 7.44. The number of aryl methyl sites for hydroxylation is 1. The maximum absolute atomic E-state index is 11.9. The van der Waals surface area contributed by atoms with Crippen LogP contribution in [0.3, 0.4) is 0 Å². The van der Waals surface area contributed by atoms with Gasteiger partial charge >= 0.3 is 0 Å². The predicted molar refractivity (Wildman–Crippen MR) is 95.9 cm³/mol. The molecule has 0 radical (unpaired) electrons. The summed E-state index contributed by atoms with van der Waals surface area (Å²) in [6, 6.07) is 15.8. The van der Waals surface area contributed by atoms with E-state index in [1.54, 1.807) is 11.8 Å². The third kappa shape index (κ3) is 5.74. The summed E-state index contributed by atoms with van der Waals surface area (Å²) >= 11 is 7.59. The molecule has 4 heteroatoms. The Morgan fingerprint density at radius 1 is 1.09 bits per heavy atom. The second-order valence-electron chi connectivity index (χ2n) is 5.00. The number of rotatable bonds is 7. The molecule has 0 bridgehead atoms. The number of halogens is 1. The van der Waals surface area contributed by atoms with Gasteiger partial charge in [0.25, 0.3) is 0 Å². The minimum Gasteiger partial charge on any atom is -0.326 e. The van der Waals surface area contributed by atoms with E-state index in [9.17, 15) is 4.79 Å². The van der Waals surface area contributed by atoms with Gasteiger partial charge in [0.1, 0.15) is 0 Å². The first-order chi connectivity index (χ1) is 10.7. The van der Waals surface area contributed by atoms with Crippen LogP contribution in [0.4, 0.5) is 5.69 Å². The fourth-order valence-corrected chi connectivity index (χ4v) is 2.98. The van der Waals surface area contributed by atoms with Gasteiger partial charge in [0, 0.05) is 22.0 Å². The first-order valence-corrected chi connectivity index (χ1v) is 8.81. The molecule has 0 unspecified atom stereocenters. The van der Waals surface area contributed by atoms with Gasteiger partial charge in [-0.25, -0.2) is 0 Å². The third-order valence-corrected chi connectivity index (χ3v) is 4.63. The topological polar surface area (TPSA) is 29.1 Å². The van der Waals surface area contributed by atoms with Crippen LogP contribution >= 0.6 is 23.4 Å². The predicted octanol–water partition coefficient (Wildman–Crippen LogP) is 5.41. The van der Waals surface area contributed by atoms with E-state index in [-0.39, 0.29) is 5.91 Å². The summed E-state index contributed by atoms with van der Waals surface area (Å²) in [7, 11) is 0. The molecule has 1 amide bonds. The van der Waals surface area contributed by atoms with E-state index in [4.69, 9.17) is 11.6 Å². The van der Waals surface area contributed by atoms with E-state index >= 15 is 0 Å². The molecule has 22 heavy (non-hydrogen) atoms. The van der Waals surface area contributed by atoms with Crippen molar-refractivity contribution in [2.45, 2.75) is 31.1 Å². The van der Waals surface area contributed by atoms with Crippen LogP contribution in [0.25, 0.3) is 0 Å². The number of amides is 1. The van der Waals surface area contributed by atoms with Crippen molar-refractivity contribution in [2.75, 3.05) is 11.1 Å². The van der Waals surface area contributed by atoms with Crippen LogP contribution in [-0.2, 0) is 11.2 Å². The smallest absolute Gasteiger partial charge is 0.224 e. The summed E-state index contributed by atoms with van der Waals surface area (Å²) in [5.74, 6) is 0.991. The summed E-state index contributed by atoms with van der Waals surface area (Å²) in [6.07, 6.45) is 2.40. The van der Waals surface area contributed by atoms with Gasteiger partial charge in [-0.3, -0.25) is 4.79 Å². The van der Waals surface area contributed by atoms with Crippen molar-refractivity contribution in [2.24, 2.45) is 0 Å². The van der Waals surface area contributed by atoms with E-state index < -0.39 is 0 Å². The number of hydrogen-bond acceptors (Lipinski definition) is 2. The second kappa shape index (κ2) is 8.86. The van der Waals surface area contributed by atoms with Crippen LogP contribution in [-0.4, -0.2) is 11.7 Å². The molecule has 2 aromatic carbocycles. The van der Waals surface area contributed by atoms with Crippen LogP contribution < -0.4 is 5.32 Å². The Morgan fingerprint density at radius 3 is 2.41 bits per heavy atom. The summed E-state index contributed by atoms with van der Waals surface area (Å²) in [6.45, 7) is 2.12. The van der Waals surface area contributed by atoms with Crippen LogP contribution in [0.5, 0.6) is 0 Å². The molecule has 0 aliphatic heterocycles. The molecule has 0 saturated heterocycles.